The summed E-state index contributed by atoms with van der Waals surface area (Å²) in [4.78, 5) is 12.9. The van der Waals surface area contributed by atoms with Crippen molar-refractivity contribution in [3.8, 4) is 0 Å². The molecule has 72 valence electrons. The molecule has 0 unspecified atom stereocenters. The Morgan fingerprint density at radius 1 is 1.50 bits per heavy atom. The molecule has 12 heavy (non-hydrogen) atoms. The predicted octanol–water partition coefficient (Wildman–Crippen LogP) is -0.299. The minimum Gasteiger partial charge on any atom is -0.464 e. The smallest absolute Gasteiger partial charge is 0.307 e. The summed E-state index contributed by atoms with van der Waals surface area (Å²) in [5.74, 6) is -0.133. The number of esters is 1. The number of rotatable bonds is 6. The first kappa shape index (κ1) is 11.4. The molecular formula is C8H18N2O2. The Labute approximate surface area is 73.9 Å². The zero-order chi connectivity index (χ0) is 9.40. The van der Waals surface area contributed by atoms with Crippen LogP contribution in [0.1, 0.15) is 6.42 Å². The number of nitrogens with one attached hydrogen (secondary N) is 1. The summed E-state index contributed by atoms with van der Waals surface area (Å²) in [6.07, 6.45) is 0.448. The number of likely N-dealkylation sites (N-methyl/N-ethyl adjacent to an activating group) is 1. The Balaban J connectivity index is 3.20. The van der Waals surface area contributed by atoms with Gasteiger partial charge in [0, 0.05) is 13.1 Å². The van der Waals surface area contributed by atoms with E-state index < -0.39 is 0 Å². The number of hydrogen-bond acceptors (Lipinski definition) is 4. The van der Waals surface area contributed by atoms with Crippen LogP contribution in [0.15, 0.2) is 0 Å². The number of carbonyl (C=O) groups is 1. The molecule has 0 aliphatic rings. The molecule has 0 saturated carbocycles. The second-order valence-corrected chi connectivity index (χ2v) is 2.88. The van der Waals surface area contributed by atoms with Crippen molar-refractivity contribution in [3.63, 3.8) is 0 Å². The van der Waals surface area contributed by atoms with Crippen LogP contribution in [0.5, 0.6) is 0 Å². The highest BCUT2D eigenvalue weighted by atomic mass is 16.5. The van der Waals surface area contributed by atoms with Gasteiger partial charge in [-0.2, -0.15) is 0 Å². The van der Waals surface area contributed by atoms with Crippen molar-refractivity contribution in [1.82, 2.24) is 10.2 Å². The van der Waals surface area contributed by atoms with Crippen LogP contribution in [0, 0.1) is 0 Å². The maximum absolute atomic E-state index is 10.9. The van der Waals surface area contributed by atoms with Crippen LogP contribution in [-0.4, -0.2) is 51.7 Å². The van der Waals surface area contributed by atoms with Crippen LogP contribution in [0.2, 0.25) is 0 Å². The van der Waals surface area contributed by atoms with E-state index in [1.807, 2.05) is 26.0 Å². The third kappa shape index (κ3) is 7.50. The number of carbonyl (C=O) groups excluding carboxylic acids is 1. The zero-order valence-corrected chi connectivity index (χ0v) is 8.09. The lowest BCUT2D eigenvalue weighted by Crippen LogP contribution is -2.21. The molecule has 0 atom stereocenters. The minimum absolute atomic E-state index is 0.133. The van der Waals surface area contributed by atoms with E-state index in [1.165, 1.54) is 0 Å². The van der Waals surface area contributed by atoms with Crippen molar-refractivity contribution < 1.29 is 9.53 Å². The van der Waals surface area contributed by atoms with Gasteiger partial charge in [0.1, 0.15) is 6.61 Å². The quantitative estimate of drug-likeness (QED) is 0.561. The number of ether oxygens (including phenoxy) is 1. The van der Waals surface area contributed by atoms with Crippen molar-refractivity contribution in [1.29, 1.82) is 0 Å². The Morgan fingerprint density at radius 2 is 2.17 bits per heavy atom. The lowest BCUT2D eigenvalue weighted by molar-refractivity contribution is -0.143. The molecule has 0 amide bonds. The molecule has 0 heterocycles. The first-order valence-electron chi connectivity index (χ1n) is 4.11. The average molecular weight is 174 g/mol. The van der Waals surface area contributed by atoms with Crippen LogP contribution in [-0.2, 0) is 9.53 Å². The van der Waals surface area contributed by atoms with Gasteiger partial charge in [-0.3, -0.25) is 4.79 Å². The van der Waals surface area contributed by atoms with Crippen LogP contribution in [0.3, 0.4) is 0 Å². The van der Waals surface area contributed by atoms with Crippen molar-refractivity contribution in [2.24, 2.45) is 0 Å². The number of hydrogen-bond donors (Lipinski definition) is 1. The molecule has 0 spiro atoms. The normalized spacial score (nSPS) is 10.3. The van der Waals surface area contributed by atoms with E-state index in [4.69, 9.17) is 4.74 Å². The zero-order valence-electron chi connectivity index (χ0n) is 8.09. The summed E-state index contributed by atoms with van der Waals surface area (Å²) in [7, 11) is 5.70. The van der Waals surface area contributed by atoms with Gasteiger partial charge < -0.3 is 15.0 Å². The summed E-state index contributed by atoms with van der Waals surface area (Å²) in [6.45, 7) is 1.95. The van der Waals surface area contributed by atoms with Gasteiger partial charge in [-0.1, -0.05) is 0 Å². The molecular weight excluding hydrogens is 156 g/mol. The van der Waals surface area contributed by atoms with Crippen molar-refractivity contribution in [3.05, 3.63) is 0 Å². The standard InChI is InChI=1S/C8H18N2O2/c1-9-5-4-8(11)12-7-6-10(2)3/h9H,4-7H2,1-3H3. The highest BCUT2D eigenvalue weighted by Gasteiger charge is 2.00. The maximum atomic E-state index is 10.9. The van der Waals surface area contributed by atoms with Gasteiger partial charge in [-0.25, -0.2) is 0 Å². The van der Waals surface area contributed by atoms with Gasteiger partial charge in [0.05, 0.1) is 6.42 Å². The summed E-state index contributed by atoms with van der Waals surface area (Å²) < 4.78 is 4.93. The first-order chi connectivity index (χ1) is 5.66. The molecule has 0 saturated heterocycles. The molecule has 0 aromatic heterocycles. The van der Waals surface area contributed by atoms with Gasteiger partial charge >= 0.3 is 5.97 Å². The monoisotopic (exact) mass is 174 g/mol. The van der Waals surface area contributed by atoms with Gasteiger partial charge in [0.2, 0.25) is 0 Å². The Bertz CT molecular complexity index is 126. The fraction of sp³-hybridized carbons (Fsp3) is 0.875. The molecule has 4 nitrogen and oxygen atoms in total. The first-order valence-corrected chi connectivity index (χ1v) is 4.11. The molecule has 0 aliphatic heterocycles. The lowest BCUT2D eigenvalue weighted by Gasteiger charge is -2.09. The molecule has 0 rings (SSSR count). The van der Waals surface area contributed by atoms with E-state index in [0.717, 1.165) is 6.54 Å². The molecule has 1 N–H and O–H groups in total. The summed E-state index contributed by atoms with van der Waals surface area (Å²) in [5.41, 5.74) is 0. The van der Waals surface area contributed by atoms with Crippen LogP contribution in [0.4, 0.5) is 0 Å². The van der Waals surface area contributed by atoms with E-state index in [9.17, 15) is 4.79 Å². The average Bonchev–Trinajstić information content (AvgIpc) is 2.00. The predicted molar refractivity (Wildman–Crippen MR) is 48.1 cm³/mol. The molecule has 0 radical (unpaired) electrons. The fourth-order valence-electron chi connectivity index (χ4n) is 0.641. The fourth-order valence-corrected chi connectivity index (χ4v) is 0.641. The second-order valence-electron chi connectivity index (χ2n) is 2.88. The van der Waals surface area contributed by atoms with E-state index in [0.29, 0.717) is 19.6 Å². The third-order valence-corrected chi connectivity index (χ3v) is 1.38. The molecule has 0 aromatic carbocycles. The second kappa shape index (κ2) is 7.06. The largest absolute Gasteiger partial charge is 0.464 e. The molecule has 0 fully saturated rings. The molecule has 0 aliphatic carbocycles. The Hall–Kier alpha value is -0.610. The molecule has 0 bridgehead atoms. The van der Waals surface area contributed by atoms with Crippen molar-refractivity contribution >= 4 is 5.97 Å². The van der Waals surface area contributed by atoms with Crippen molar-refractivity contribution in [2.45, 2.75) is 6.42 Å². The SMILES string of the molecule is CNCCC(=O)OCCN(C)C. The minimum atomic E-state index is -0.133. The van der Waals surface area contributed by atoms with Crippen molar-refractivity contribution in [2.75, 3.05) is 40.8 Å². The Kier molecular flexibility index (Phi) is 6.70. The highest BCUT2D eigenvalue weighted by molar-refractivity contribution is 5.69. The number of nitrogens with zero attached hydrogens (tertiary/aromatic N) is 1. The summed E-state index contributed by atoms with van der Waals surface area (Å²) in [5, 5.41) is 2.89. The maximum Gasteiger partial charge on any atom is 0.307 e. The van der Waals surface area contributed by atoms with Gasteiger partial charge in [0.15, 0.2) is 0 Å². The van der Waals surface area contributed by atoms with Crippen LogP contribution < -0.4 is 5.32 Å². The molecule has 4 heteroatoms. The van der Waals surface area contributed by atoms with E-state index in [-0.39, 0.29) is 5.97 Å². The van der Waals surface area contributed by atoms with E-state index >= 15 is 0 Å². The topological polar surface area (TPSA) is 41.6 Å². The van der Waals surface area contributed by atoms with E-state index in [2.05, 4.69) is 5.32 Å². The van der Waals surface area contributed by atoms with Gasteiger partial charge in [-0.05, 0) is 21.1 Å². The summed E-state index contributed by atoms with van der Waals surface area (Å²) in [6, 6.07) is 0. The third-order valence-electron chi connectivity index (χ3n) is 1.38. The van der Waals surface area contributed by atoms with Crippen LogP contribution in [0.25, 0.3) is 0 Å². The molecule has 0 aromatic rings. The lowest BCUT2D eigenvalue weighted by atomic mass is 10.4. The highest BCUT2D eigenvalue weighted by Crippen LogP contribution is 1.85. The summed E-state index contributed by atoms with van der Waals surface area (Å²) >= 11 is 0. The van der Waals surface area contributed by atoms with Gasteiger partial charge in [-0.15, -0.1) is 0 Å². The van der Waals surface area contributed by atoms with E-state index in [1.54, 1.807) is 0 Å². The van der Waals surface area contributed by atoms with Gasteiger partial charge in [0.25, 0.3) is 0 Å². The van der Waals surface area contributed by atoms with Crippen LogP contribution >= 0.6 is 0 Å². The Morgan fingerprint density at radius 3 is 2.67 bits per heavy atom.